The number of para-hydroxylation sites is 1. The number of rotatable bonds is 6. The average Bonchev–Trinajstić information content (AvgIpc) is 3.45. The molecule has 3 aromatic heterocycles. The van der Waals surface area contributed by atoms with Gasteiger partial charge < -0.3 is 9.32 Å². The number of thioether (sulfide) groups is 1. The first-order chi connectivity index (χ1) is 16.0. The van der Waals surface area contributed by atoms with Crippen LogP contribution in [0.2, 0.25) is 0 Å². The predicted octanol–water partition coefficient (Wildman–Crippen LogP) is 4.81. The minimum Gasteiger partial charge on any atom is -0.467 e. The summed E-state index contributed by atoms with van der Waals surface area (Å²) < 4.78 is 21.4. The molecule has 6 nitrogen and oxygen atoms in total. The summed E-state index contributed by atoms with van der Waals surface area (Å²) in [5.41, 5.74) is 0.921. The standard InChI is InChI=1S/C24H22FN3O3S2/c1-27(13-15-7-6-12-31-15)20(29)14-32-24-26-22-21(16-8-2-5-11-19(16)33-22)23(30)28(24)18-10-4-3-9-17(18)25/h3-4,6-7,9-10,12H,2,5,8,11,13-14H2,1H3. The molecule has 0 saturated heterocycles. The largest absolute Gasteiger partial charge is 0.467 e. The minimum atomic E-state index is -0.507. The highest BCUT2D eigenvalue weighted by Gasteiger charge is 2.24. The summed E-state index contributed by atoms with van der Waals surface area (Å²) >= 11 is 2.68. The molecule has 0 bridgehead atoms. The second-order valence-corrected chi connectivity index (χ2v) is 10.0. The van der Waals surface area contributed by atoms with E-state index in [2.05, 4.69) is 0 Å². The van der Waals surface area contributed by atoms with Crippen LogP contribution in [-0.4, -0.2) is 33.2 Å². The first-order valence-corrected chi connectivity index (χ1v) is 12.5. The van der Waals surface area contributed by atoms with Crippen LogP contribution < -0.4 is 5.56 Å². The molecule has 1 aliphatic rings. The summed E-state index contributed by atoms with van der Waals surface area (Å²) in [5, 5.41) is 0.902. The van der Waals surface area contributed by atoms with E-state index in [1.165, 1.54) is 15.5 Å². The summed E-state index contributed by atoms with van der Waals surface area (Å²) in [6.45, 7) is 0.344. The highest BCUT2D eigenvalue weighted by molar-refractivity contribution is 7.99. The van der Waals surface area contributed by atoms with Crippen molar-refractivity contribution in [1.29, 1.82) is 0 Å². The van der Waals surface area contributed by atoms with E-state index in [-0.39, 0.29) is 22.9 Å². The molecular formula is C24H22FN3O3S2. The number of carbonyl (C=O) groups excluding carboxylic acids is 1. The van der Waals surface area contributed by atoms with Gasteiger partial charge in [-0.1, -0.05) is 23.9 Å². The number of benzene rings is 1. The summed E-state index contributed by atoms with van der Waals surface area (Å²) in [6, 6.07) is 9.75. The zero-order valence-corrected chi connectivity index (χ0v) is 19.7. The van der Waals surface area contributed by atoms with Gasteiger partial charge in [0.2, 0.25) is 5.91 Å². The molecule has 1 aliphatic carbocycles. The predicted molar refractivity (Wildman–Crippen MR) is 128 cm³/mol. The number of thiophene rings is 1. The molecule has 3 heterocycles. The van der Waals surface area contributed by atoms with Crippen molar-refractivity contribution >= 4 is 39.2 Å². The van der Waals surface area contributed by atoms with Crippen molar-refractivity contribution in [2.24, 2.45) is 0 Å². The summed E-state index contributed by atoms with van der Waals surface area (Å²) in [7, 11) is 1.69. The number of fused-ring (bicyclic) bond motifs is 3. The third-order valence-corrected chi connectivity index (χ3v) is 7.88. The number of nitrogens with zero attached hydrogens (tertiary/aromatic N) is 3. The lowest BCUT2D eigenvalue weighted by Crippen LogP contribution is -2.28. The van der Waals surface area contributed by atoms with Gasteiger partial charge in [-0.05, 0) is 55.5 Å². The number of aryl methyl sites for hydroxylation is 2. The van der Waals surface area contributed by atoms with Crippen molar-refractivity contribution in [3.8, 4) is 5.69 Å². The topological polar surface area (TPSA) is 68.3 Å². The van der Waals surface area contributed by atoms with Crippen LogP contribution in [-0.2, 0) is 24.2 Å². The zero-order valence-electron chi connectivity index (χ0n) is 18.0. The second kappa shape index (κ2) is 9.15. The quantitative estimate of drug-likeness (QED) is 0.291. The summed E-state index contributed by atoms with van der Waals surface area (Å²) in [5.74, 6) is 0.0985. The normalized spacial score (nSPS) is 13.3. The van der Waals surface area contributed by atoms with Crippen LogP contribution >= 0.6 is 23.1 Å². The molecule has 0 unspecified atom stereocenters. The fraction of sp³-hybridized carbons (Fsp3) is 0.292. The fourth-order valence-electron chi connectivity index (χ4n) is 4.09. The van der Waals surface area contributed by atoms with Gasteiger partial charge in [-0.3, -0.25) is 14.2 Å². The number of hydrogen-bond acceptors (Lipinski definition) is 6. The number of carbonyl (C=O) groups is 1. The van der Waals surface area contributed by atoms with Crippen LogP contribution in [0.5, 0.6) is 0 Å². The smallest absolute Gasteiger partial charge is 0.267 e. The van der Waals surface area contributed by atoms with Gasteiger partial charge in [0.1, 0.15) is 16.4 Å². The van der Waals surface area contributed by atoms with Gasteiger partial charge in [0.15, 0.2) is 5.16 Å². The van der Waals surface area contributed by atoms with E-state index in [4.69, 9.17) is 9.40 Å². The maximum absolute atomic E-state index is 14.8. The lowest BCUT2D eigenvalue weighted by Gasteiger charge is -2.17. The van der Waals surface area contributed by atoms with Crippen LogP contribution in [0.3, 0.4) is 0 Å². The average molecular weight is 484 g/mol. The molecular weight excluding hydrogens is 461 g/mol. The van der Waals surface area contributed by atoms with Crippen LogP contribution in [0, 0.1) is 5.82 Å². The van der Waals surface area contributed by atoms with Gasteiger partial charge in [-0.25, -0.2) is 9.37 Å². The second-order valence-electron chi connectivity index (χ2n) is 8.00. The fourth-order valence-corrected chi connectivity index (χ4v) is 6.34. The van der Waals surface area contributed by atoms with Crippen molar-refractivity contribution in [3.05, 3.63) is 75.0 Å². The van der Waals surface area contributed by atoms with Gasteiger partial charge in [0, 0.05) is 11.9 Å². The van der Waals surface area contributed by atoms with Crippen LogP contribution in [0.1, 0.15) is 29.0 Å². The molecule has 0 atom stereocenters. The Bertz CT molecular complexity index is 1380. The highest BCUT2D eigenvalue weighted by Crippen LogP contribution is 2.35. The van der Waals surface area contributed by atoms with Gasteiger partial charge in [-0.15, -0.1) is 11.3 Å². The summed E-state index contributed by atoms with van der Waals surface area (Å²) in [6.07, 6.45) is 5.47. The first kappa shape index (κ1) is 21.9. The van der Waals surface area contributed by atoms with Gasteiger partial charge in [-0.2, -0.15) is 0 Å². The Morgan fingerprint density at radius 2 is 2.06 bits per heavy atom. The molecule has 1 aromatic carbocycles. The molecule has 9 heteroatoms. The van der Waals surface area contributed by atoms with E-state index in [9.17, 15) is 14.0 Å². The van der Waals surface area contributed by atoms with Gasteiger partial charge >= 0.3 is 0 Å². The molecule has 0 fully saturated rings. The van der Waals surface area contributed by atoms with Crippen molar-refractivity contribution < 1.29 is 13.6 Å². The maximum atomic E-state index is 14.8. The number of hydrogen-bond donors (Lipinski definition) is 0. The minimum absolute atomic E-state index is 0.0642. The van der Waals surface area contributed by atoms with E-state index in [1.807, 2.05) is 0 Å². The van der Waals surface area contributed by atoms with Crippen molar-refractivity contribution in [1.82, 2.24) is 14.5 Å². The third-order valence-electron chi connectivity index (χ3n) is 5.78. The van der Waals surface area contributed by atoms with E-state index in [1.54, 1.807) is 59.9 Å². The molecule has 0 aliphatic heterocycles. The lowest BCUT2D eigenvalue weighted by molar-refractivity contribution is -0.127. The Hall–Kier alpha value is -2.91. The SMILES string of the molecule is CN(Cc1ccco1)C(=O)CSc1nc2sc3c(c2c(=O)n1-c1ccccc1F)CCCC3. The molecule has 0 N–H and O–H groups in total. The molecule has 5 rings (SSSR count). The van der Waals surface area contributed by atoms with Crippen molar-refractivity contribution in [3.63, 3.8) is 0 Å². The maximum Gasteiger partial charge on any atom is 0.267 e. The third kappa shape index (κ3) is 4.22. The first-order valence-electron chi connectivity index (χ1n) is 10.7. The van der Waals surface area contributed by atoms with Crippen LogP contribution in [0.4, 0.5) is 4.39 Å². The number of aromatic nitrogens is 2. The molecule has 4 aromatic rings. The number of amides is 1. The number of furan rings is 1. The van der Waals surface area contributed by atoms with Crippen LogP contribution in [0.25, 0.3) is 15.9 Å². The van der Waals surface area contributed by atoms with E-state index in [0.29, 0.717) is 27.7 Å². The molecule has 170 valence electrons. The Labute approximate surface area is 198 Å². The Morgan fingerprint density at radius 3 is 2.85 bits per heavy atom. The molecule has 33 heavy (non-hydrogen) atoms. The van der Waals surface area contributed by atoms with Gasteiger partial charge in [0.05, 0.1) is 29.6 Å². The Morgan fingerprint density at radius 1 is 1.24 bits per heavy atom. The van der Waals surface area contributed by atoms with E-state index < -0.39 is 5.82 Å². The molecule has 0 saturated carbocycles. The van der Waals surface area contributed by atoms with E-state index in [0.717, 1.165) is 43.0 Å². The van der Waals surface area contributed by atoms with Crippen LogP contribution in [0.15, 0.2) is 57.0 Å². The Kier molecular flexibility index (Phi) is 6.07. The van der Waals surface area contributed by atoms with Gasteiger partial charge in [0.25, 0.3) is 5.56 Å². The Balaban J connectivity index is 1.53. The van der Waals surface area contributed by atoms with E-state index >= 15 is 0 Å². The molecule has 1 amide bonds. The zero-order chi connectivity index (χ0) is 22.9. The van der Waals surface area contributed by atoms with Crippen molar-refractivity contribution in [2.45, 2.75) is 37.4 Å². The highest BCUT2D eigenvalue weighted by atomic mass is 32.2. The van der Waals surface area contributed by atoms with Crippen molar-refractivity contribution in [2.75, 3.05) is 12.8 Å². The monoisotopic (exact) mass is 483 g/mol. The lowest BCUT2D eigenvalue weighted by atomic mass is 9.97. The summed E-state index contributed by atoms with van der Waals surface area (Å²) in [4.78, 5) is 34.6. The number of halogens is 1. The molecule has 0 spiro atoms. The molecule has 0 radical (unpaired) electrons.